The van der Waals surface area contributed by atoms with Gasteiger partial charge in [0.05, 0.1) is 30.4 Å². The molecule has 0 bridgehead atoms. The number of halogens is 1. The Bertz CT molecular complexity index is 895. The number of carbonyl (C=O) groups excluding carboxylic acids is 1. The van der Waals surface area contributed by atoms with Gasteiger partial charge in [-0.15, -0.1) is 0 Å². The molecule has 3 rings (SSSR count). The molecule has 1 aromatic carbocycles. The van der Waals surface area contributed by atoms with Crippen molar-refractivity contribution < 1.29 is 19.0 Å². The molecule has 0 spiro atoms. The van der Waals surface area contributed by atoms with E-state index in [1.165, 1.54) is 11.8 Å². The highest BCUT2D eigenvalue weighted by Gasteiger charge is 2.35. The summed E-state index contributed by atoms with van der Waals surface area (Å²) in [6.45, 7) is 6.54. The van der Waals surface area contributed by atoms with Crippen LogP contribution in [-0.2, 0) is 9.53 Å². The van der Waals surface area contributed by atoms with Gasteiger partial charge in [-0.25, -0.2) is 4.79 Å². The molecule has 0 saturated heterocycles. The van der Waals surface area contributed by atoms with Crippen LogP contribution in [0, 0.1) is 0 Å². The summed E-state index contributed by atoms with van der Waals surface area (Å²) in [5, 5.41) is 14.8. The fraction of sp³-hybridized carbons (Fsp3) is 0.412. The maximum absolute atomic E-state index is 12.5. The SMILES string of the molecule is CCOc1cc([C@@H]2C(C(=O)OC)=C(C)Nc3nnnn32)cc(Br)c1OCC. The van der Waals surface area contributed by atoms with Crippen molar-refractivity contribution in [2.45, 2.75) is 26.8 Å². The van der Waals surface area contributed by atoms with Gasteiger partial charge in [-0.05, 0) is 64.8 Å². The minimum absolute atomic E-state index is 0.413. The van der Waals surface area contributed by atoms with Crippen molar-refractivity contribution in [1.29, 1.82) is 0 Å². The number of carbonyl (C=O) groups is 1. The third kappa shape index (κ3) is 3.48. The van der Waals surface area contributed by atoms with Gasteiger partial charge in [0.15, 0.2) is 11.5 Å². The van der Waals surface area contributed by atoms with Crippen molar-refractivity contribution in [3.8, 4) is 11.5 Å². The molecule has 0 fully saturated rings. The zero-order valence-corrected chi connectivity index (χ0v) is 17.0. The molecule has 144 valence electrons. The molecular weight excluding hydrogens is 418 g/mol. The molecule has 0 radical (unpaired) electrons. The first-order valence-corrected chi connectivity index (χ1v) is 9.24. The number of anilines is 1. The van der Waals surface area contributed by atoms with Crippen molar-refractivity contribution in [1.82, 2.24) is 20.2 Å². The van der Waals surface area contributed by atoms with Crippen molar-refractivity contribution in [3.05, 3.63) is 33.4 Å². The van der Waals surface area contributed by atoms with Crippen molar-refractivity contribution in [3.63, 3.8) is 0 Å². The normalized spacial score (nSPS) is 15.8. The van der Waals surface area contributed by atoms with E-state index in [0.29, 0.717) is 46.4 Å². The van der Waals surface area contributed by atoms with Crippen LogP contribution in [-0.4, -0.2) is 46.5 Å². The number of aromatic nitrogens is 4. The second kappa shape index (κ2) is 7.95. The number of nitrogens with zero attached hydrogens (tertiary/aromatic N) is 4. The van der Waals surface area contributed by atoms with E-state index in [2.05, 4.69) is 36.8 Å². The van der Waals surface area contributed by atoms with E-state index in [0.717, 1.165) is 5.56 Å². The number of methoxy groups -OCH3 is 1. The minimum Gasteiger partial charge on any atom is -0.490 e. The average molecular weight is 438 g/mol. The molecule has 0 aliphatic carbocycles. The monoisotopic (exact) mass is 437 g/mol. The number of fused-ring (bicyclic) bond motifs is 1. The Morgan fingerprint density at radius 2 is 2.04 bits per heavy atom. The van der Waals surface area contributed by atoms with Crippen LogP contribution in [0.25, 0.3) is 0 Å². The van der Waals surface area contributed by atoms with Crippen LogP contribution in [0.5, 0.6) is 11.5 Å². The Kier molecular flexibility index (Phi) is 5.64. The van der Waals surface area contributed by atoms with E-state index in [9.17, 15) is 4.79 Å². The van der Waals surface area contributed by atoms with E-state index in [1.807, 2.05) is 26.0 Å². The zero-order chi connectivity index (χ0) is 19.6. The number of benzene rings is 1. The fourth-order valence-electron chi connectivity index (χ4n) is 2.99. The summed E-state index contributed by atoms with van der Waals surface area (Å²) in [6.07, 6.45) is 0. The van der Waals surface area contributed by atoms with Gasteiger partial charge in [0.2, 0.25) is 5.95 Å². The largest absolute Gasteiger partial charge is 0.490 e. The van der Waals surface area contributed by atoms with Gasteiger partial charge < -0.3 is 19.5 Å². The first kappa shape index (κ1) is 19.2. The molecule has 0 unspecified atom stereocenters. The van der Waals surface area contributed by atoms with Crippen LogP contribution in [0.3, 0.4) is 0 Å². The van der Waals surface area contributed by atoms with Crippen LogP contribution < -0.4 is 14.8 Å². The predicted molar refractivity (Wildman–Crippen MR) is 101 cm³/mol. The third-order valence-electron chi connectivity index (χ3n) is 4.06. The van der Waals surface area contributed by atoms with Crippen molar-refractivity contribution in [2.75, 3.05) is 25.6 Å². The number of hydrogen-bond acceptors (Lipinski definition) is 8. The van der Waals surface area contributed by atoms with E-state index in [4.69, 9.17) is 14.2 Å². The van der Waals surface area contributed by atoms with Gasteiger partial charge >= 0.3 is 5.97 Å². The smallest absolute Gasteiger partial charge is 0.338 e. The van der Waals surface area contributed by atoms with E-state index in [-0.39, 0.29) is 0 Å². The lowest BCUT2D eigenvalue weighted by molar-refractivity contribution is -0.136. The standard InChI is InChI=1S/C17H20BrN5O4/c1-5-26-12-8-10(7-11(18)15(12)27-6-2)14-13(16(24)25-4)9(3)19-17-20-21-22-23(14)17/h7-8,14H,5-6H2,1-4H3,(H,19,20,22)/t14-/m1/s1. The lowest BCUT2D eigenvalue weighted by atomic mass is 9.95. The number of rotatable bonds is 6. The van der Waals surface area contributed by atoms with Gasteiger partial charge in [-0.2, -0.15) is 4.68 Å². The van der Waals surface area contributed by atoms with Crippen LogP contribution >= 0.6 is 15.9 Å². The summed E-state index contributed by atoms with van der Waals surface area (Å²) in [7, 11) is 1.34. The van der Waals surface area contributed by atoms with Crippen molar-refractivity contribution in [2.24, 2.45) is 0 Å². The Hall–Kier alpha value is -2.62. The molecule has 1 aliphatic heterocycles. The Balaban J connectivity index is 2.19. The molecule has 9 nitrogen and oxygen atoms in total. The van der Waals surface area contributed by atoms with Crippen LogP contribution in [0.1, 0.15) is 32.4 Å². The molecule has 1 N–H and O–H groups in total. The maximum Gasteiger partial charge on any atom is 0.338 e. The molecular formula is C17H20BrN5O4. The Morgan fingerprint density at radius 1 is 1.30 bits per heavy atom. The summed E-state index contributed by atoms with van der Waals surface area (Å²) in [6, 6.07) is 3.12. The molecule has 2 aromatic rings. The number of allylic oxidation sites excluding steroid dienone is 1. The second-order valence-electron chi connectivity index (χ2n) is 5.70. The summed E-state index contributed by atoms with van der Waals surface area (Å²) in [5.74, 6) is 1.15. The Labute approximate surface area is 164 Å². The number of ether oxygens (including phenoxy) is 3. The highest BCUT2D eigenvalue weighted by atomic mass is 79.9. The molecule has 2 heterocycles. The van der Waals surface area contributed by atoms with Gasteiger partial charge in [0.1, 0.15) is 6.04 Å². The number of esters is 1. The van der Waals surface area contributed by atoms with E-state index >= 15 is 0 Å². The fourth-order valence-corrected chi connectivity index (χ4v) is 3.56. The van der Waals surface area contributed by atoms with Gasteiger partial charge in [0.25, 0.3) is 0 Å². The average Bonchev–Trinajstić information content (AvgIpc) is 3.10. The molecule has 10 heteroatoms. The molecule has 1 atom stereocenters. The minimum atomic E-state index is -0.574. The summed E-state index contributed by atoms with van der Waals surface area (Å²) >= 11 is 3.54. The highest BCUT2D eigenvalue weighted by Crippen LogP contribution is 2.42. The summed E-state index contributed by atoms with van der Waals surface area (Å²) in [4.78, 5) is 12.5. The summed E-state index contributed by atoms with van der Waals surface area (Å²) in [5.41, 5.74) is 1.79. The maximum atomic E-state index is 12.5. The highest BCUT2D eigenvalue weighted by molar-refractivity contribution is 9.10. The predicted octanol–water partition coefficient (Wildman–Crippen LogP) is 2.69. The second-order valence-corrected chi connectivity index (χ2v) is 6.56. The topological polar surface area (TPSA) is 100 Å². The van der Waals surface area contributed by atoms with Crippen LogP contribution in [0.15, 0.2) is 27.9 Å². The van der Waals surface area contributed by atoms with E-state index in [1.54, 1.807) is 6.92 Å². The number of tetrazole rings is 1. The lowest BCUT2D eigenvalue weighted by Gasteiger charge is -2.27. The third-order valence-corrected chi connectivity index (χ3v) is 4.64. The van der Waals surface area contributed by atoms with Gasteiger partial charge in [0, 0.05) is 5.70 Å². The quantitative estimate of drug-likeness (QED) is 0.688. The zero-order valence-electron chi connectivity index (χ0n) is 15.4. The lowest BCUT2D eigenvalue weighted by Crippen LogP contribution is -2.29. The number of hydrogen-bond donors (Lipinski definition) is 1. The van der Waals surface area contributed by atoms with Gasteiger partial charge in [-0.1, -0.05) is 5.10 Å². The van der Waals surface area contributed by atoms with Gasteiger partial charge in [-0.3, -0.25) is 0 Å². The molecule has 27 heavy (non-hydrogen) atoms. The van der Waals surface area contributed by atoms with Crippen LogP contribution in [0.4, 0.5) is 5.95 Å². The van der Waals surface area contributed by atoms with Crippen molar-refractivity contribution >= 4 is 27.8 Å². The first-order chi connectivity index (χ1) is 13.0. The summed E-state index contributed by atoms with van der Waals surface area (Å²) < 4.78 is 18.7. The van der Waals surface area contributed by atoms with Crippen LogP contribution in [0.2, 0.25) is 0 Å². The van der Waals surface area contributed by atoms with E-state index < -0.39 is 12.0 Å². The molecule has 0 saturated carbocycles. The first-order valence-electron chi connectivity index (χ1n) is 8.44. The molecule has 1 aromatic heterocycles. The molecule has 1 aliphatic rings. The molecule has 0 amide bonds. The number of nitrogens with one attached hydrogen (secondary N) is 1. The Morgan fingerprint density at radius 3 is 2.70 bits per heavy atom.